The molecule has 2 saturated carbocycles. The quantitative estimate of drug-likeness (QED) is 0.790. The van der Waals surface area contributed by atoms with Crippen molar-refractivity contribution in [2.45, 2.75) is 52.0 Å². The monoisotopic (exact) mass is 260 g/mol. The molecule has 0 saturated heterocycles. The molecule has 4 heteroatoms. The van der Waals surface area contributed by atoms with Gasteiger partial charge in [-0.25, -0.2) is 4.98 Å². The average Bonchev–Trinajstić information content (AvgIpc) is 3.27. The summed E-state index contributed by atoms with van der Waals surface area (Å²) in [6, 6.07) is 2.71. The lowest BCUT2D eigenvalue weighted by Gasteiger charge is -2.19. The van der Waals surface area contributed by atoms with Gasteiger partial charge < -0.3 is 10.6 Å². The zero-order chi connectivity index (χ0) is 13.2. The van der Waals surface area contributed by atoms with Crippen LogP contribution in [0.15, 0.2) is 6.07 Å². The van der Waals surface area contributed by atoms with Crippen molar-refractivity contribution in [2.24, 2.45) is 11.8 Å². The van der Waals surface area contributed by atoms with E-state index in [9.17, 15) is 0 Å². The molecule has 1 heterocycles. The van der Waals surface area contributed by atoms with Crippen LogP contribution in [0.5, 0.6) is 0 Å². The van der Waals surface area contributed by atoms with Crippen molar-refractivity contribution in [2.75, 3.05) is 17.2 Å². The Bertz CT molecular complexity index is 426. The van der Waals surface area contributed by atoms with Gasteiger partial charge in [0, 0.05) is 24.3 Å². The Balaban J connectivity index is 1.69. The molecule has 0 atom stereocenters. The molecule has 1 aromatic rings. The summed E-state index contributed by atoms with van der Waals surface area (Å²) in [5.74, 6) is 3.52. The van der Waals surface area contributed by atoms with Crippen molar-refractivity contribution in [3.63, 3.8) is 0 Å². The Hall–Kier alpha value is -1.32. The normalized spacial score (nSPS) is 18.7. The molecule has 0 spiro atoms. The van der Waals surface area contributed by atoms with Gasteiger partial charge in [-0.05, 0) is 50.9 Å². The van der Waals surface area contributed by atoms with Crippen LogP contribution in [0.25, 0.3) is 0 Å². The summed E-state index contributed by atoms with van der Waals surface area (Å²) < 4.78 is 0. The van der Waals surface area contributed by atoms with Gasteiger partial charge in [0.15, 0.2) is 0 Å². The van der Waals surface area contributed by atoms with Crippen LogP contribution in [0, 0.1) is 18.8 Å². The fourth-order valence-corrected chi connectivity index (χ4v) is 2.66. The number of hydrogen-bond donors (Lipinski definition) is 2. The molecule has 0 bridgehead atoms. The minimum atomic E-state index is 0.647. The van der Waals surface area contributed by atoms with Crippen molar-refractivity contribution in [3.05, 3.63) is 11.8 Å². The number of rotatable bonds is 7. The lowest BCUT2D eigenvalue weighted by atomic mass is 10.1. The standard InChI is InChI=1S/C15H24N4/c1-3-8-16-15-17-10(2)9-13(19-15)18-14(11-4-5-11)12-6-7-12/h9,11-12,14H,3-8H2,1-2H3,(H2,16,17,18,19). The molecule has 3 rings (SSSR count). The summed E-state index contributed by atoms with van der Waals surface area (Å²) in [5, 5.41) is 6.95. The van der Waals surface area contributed by atoms with E-state index in [-0.39, 0.29) is 0 Å². The van der Waals surface area contributed by atoms with E-state index in [0.717, 1.165) is 42.3 Å². The number of anilines is 2. The summed E-state index contributed by atoms with van der Waals surface area (Å²) in [4.78, 5) is 9.04. The fraction of sp³-hybridized carbons (Fsp3) is 0.733. The largest absolute Gasteiger partial charge is 0.367 e. The van der Waals surface area contributed by atoms with Crippen molar-refractivity contribution < 1.29 is 0 Å². The van der Waals surface area contributed by atoms with E-state index in [1.165, 1.54) is 25.7 Å². The van der Waals surface area contributed by atoms with E-state index in [2.05, 4.69) is 33.6 Å². The van der Waals surface area contributed by atoms with E-state index >= 15 is 0 Å². The lowest BCUT2D eigenvalue weighted by molar-refractivity contribution is 0.565. The number of hydrogen-bond acceptors (Lipinski definition) is 4. The fourth-order valence-electron chi connectivity index (χ4n) is 2.66. The minimum absolute atomic E-state index is 0.647. The summed E-state index contributed by atoms with van der Waals surface area (Å²) in [6.07, 6.45) is 6.64. The molecule has 0 aromatic carbocycles. The first-order valence-electron chi connectivity index (χ1n) is 7.62. The summed E-state index contributed by atoms with van der Waals surface area (Å²) >= 11 is 0. The first kappa shape index (κ1) is 12.7. The molecule has 104 valence electrons. The molecule has 0 amide bonds. The molecule has 1 aromatic heterocycles. The number of nitrogens with one attached hydrogen (secondary N) is 2. The molecule has 0 aliphatic heterocycles. The van der Waals surface area contributed by atoms with Crippen LogP contribution in [0.4, 0.5) is 11.8 Å². The van der Waals surface area contributed by atoms with Gasteiger partial charge in [0.1, 0.15) is 5.82 Å². The predicted molar refractivity (Wildman–Crippen MR) is 78.4 cm³/mol. The summed E-state index contributed by atoms with van der Waals surface area (Å²) in [6.45, 7) is 5.11. The van der Waals surface area contributed by atoms with Gasteiger partial charge in [0.2, 0.25) is 5.95 Å². The first-order chi connectivity index (χ1) is 9.26. The Morgan fingerprint density at radius 2 is 1.89 bits per heavy atom. The number of aryl methyl sites for hydroxylation is 1. The maximum absolute atomic E-state index is 4.60. The summed E-state index contributed by atoms with van der Waals surface area (Å²) in [5.41, 5.74) is 1.03. The van der Waals surface area contributed by atoms with Crippen LogP contribution >= 0.6 is 0 Å². The van der Waals surface area contributed by atoms with Gasteiger partial charge in [-0.15, -0.1) is 0 Å². The first-order valence-corrected chi connectivity index (χ1v) is 7.62. The Labute approximate surface area is 115 Å². The third-order valence-corrected chi connectivity index (χ3v) is 3.96. The van der Waals surface area contributed by atoms with Crippen molar-refractivity contribution in [3.8, 4) is 0 Å². The molecule has 4 nitrogen and oxygen atoms in total. The van der Waals surface area contributed by atoms with Gasteiger partial charge in [0.05, 0.1) is 0 Å². The highest BCUT2D eigenvalue weighted by Crippen LogP contribution is 2.45. The lowest BCUT2D eigenvalue weighted by Crippen LogP contribution is -2.25. The second kappa shape index (κ2) is 5.35. The second-order valence-corrected chi connectivity index (χ2v) is 5.99. The van der Waals surface area contributed by atoms with Crippen molar-refractivity contribution in [1.29, 1.82) is 0 Å². The highest BCUT2D eigenvalue weighted by atomic mass is 15.2. The van der Waals surface area contributed by atoms with Gasteiger partial charge in [-0.1, -0.05) is 6.92 Å². The second-order valence-electron chi connectivity index (χ2n) is 5.99. The molecule has 0 radical (unpaired) electrons. The van der Waals surface area contributed by atoms with E-state index in [4.69, 9.17) is 0 Å². The van der Waals surface area contributed by atoms with Gasteiger partial charge in [-0.3, -0.25) is 0 Å². The predicted octanol–water partition coefficient (Wildman–Crippen LogP) is 3.21. The number of nitrogens with zero attached hydrogens (tertiary/aromatic N) is 2. The highest BCUT2D eigenvalue weighted by Gasteiger charge is 2.41. The van der Waals surface area contributed by atoms with E-state index in [1.807, 2.05) is 6.92 Å². The molecule has 0 unspecified atom stereocenters. The Morgan fingerprint density at radius 3 is 2.47 bits per heavy atom. The molecule has 2 fully saturated rings. The molecular formula is C15H24N4. The maximum Gasteiger partial charge on any atom is 0.224 e. The Kier molecular flexibility index (Phi) is 3.58. The van der Waals surface area contributed by atoms with E-state index in [1.54, 1.807) is 0 Å². The van der Waals surface area contributed by atoms with E-state index < -0.39 is 0 Å². The number of aromatic nitrogens is 2. The molecule has 19 heavy (non-hydrogen) atoms. The topological polar surface area (TPSA) is 49.8 Å². The van der Waals surface area contributed by atoms with Crippen LogP contribution < -0.4 is 10.6 Å². The summed E-state index contributed by atoms with van der Waals surface area (Å²) in [7, 11) is 0. The van der Waals surface area contributed by atoms with Crippen LogP contribution in [-0.2, 0) is 0 Å². The third-order valence-electron chi connectivity index (χ3n) is 3.96. The zero-order valence-electron chi connectivity index (χ0n) is 11.9. The molecular weight excluding hydrogens is 236 g/mol. The van der Waals surface area contributed by atoms with Crippen LogP contribution in [-0.4, -0.2) is 22.6 Å². The molecule has 2 aliphatic carbocycles. The highest BCUT2D eigenvalue weighted by molar-refractivity contribution is 5.43. The van der Waals surface area contributed by atoms with Crippen LogP contribution in [0.1, 0.15) is 44.7 Å². The van der Waals surface area contributed by atoms with E-state index in [0.29, 0.717) is 6.04 Å². The van der Waals surface area contributed by atoms with Gasteiger partial charge in [-0.2, -0.15) is 4.98 Å². The van der Waals surface area contributed by atoms with Gasteiger partial charge >= 0.3 is 0 Å². The molecule has 2 aliphatic rings. The van der Waals surface area contributed by atoms with Crippen molar-refractivity contribution in [1.82, 2.24) is 9.97 Å². The van der Waals surface area contributed by atoms with Crippen LogP contribution in [0.3, 0.4) is 0 Å². The van der Waals surface area contributed by atoms with Crippen LogP contribution in [0.2, 0.25) is 0 Å². The van der Waals surface area contributed by atoms with Crippen molar-refractivity contribution >= 4 is 11.8 Å². The average molecular weight is 260 g/mol. The molecule has 2 N–H and O–H groups in total. The minimum Gasteiger partial charge on any atom is -0.367 e. The third kappa shape index (κ3) is 3.37. The Morgan fingerprint density at radius 1 is 1.21 bits per heavy atom. The zero-order valence-corrected chi connectivity index (χ0v) is 11.9. The maximum atomic E-state index is 4.60. The van der Waals surface area contributed by atoms with Gasteiger partial charge in [0.25, 0.3) is 0 Å². The SMILES string of the molecule is CCCNc1nc(C)cc(NC(C2CC2)C2CC2)n1. The smallest absolute Gasteiger partial charge is 0.224 e.